The van der Waals surface area contributed by atoms with E-state index in [9.17, 15) is 52.7 Å². The molecule has 0 unspecified atom stereocenters. The van der Waals surface area contributed by atoms with Crippen LogP contribution in [0.2, 0.25) is 0 Å². The normalized spacial score (nSPS) is 23.2. The molecule has 72 heavy (non-hydrogen) atoms. The van der Waals surface area contributed by atoms with Gasteiger partial charge in [0.25, 0.3) is 0 Å². The van der Waals surface area contributed by atoms with Crippen molar-refractivity contribution in [1.29, 1.82) is 0 Å². The topological polar surface area (TPSA) is 405 Å². The van der Waals surface area contributed by atoms with Gasteiger partial charge in [-0.05, 0) is 56.2 Å². The van der Waals surface area contributed by atoms with Gasteiger partial charge >= 0.3 is 0 Å². The molecule has 2 saturated heterocycles. The van der Waals surface area contributed by atoms with Crippen LogP contribution in [0.1, 0.15) is 62.5 Å². The molecule has 26 heteroatoms. The van der Waals surface area contributed by atoms with Crippen molar-refractivity contribution in [1.82, 2.24) is 42.1 Å². The van der Waals surface area contributed by atoms with Crippen molar-refractivity contribution in [2.75, 3.05) is 31.1 Å². The largest absolute Gasteiger partial charge is 0.370 e. The third-order valence-electron chi connectivity index (χ3n) is 11.6. The quantitative estimate of drug-likeness (QED) is 0.0471. The van der Waals surface area contributed by atoms with Gasteiger partial charge in [-0.2, -0.15) is 0 Å². The second-order valence-corrected chi connectivity index (χ2v) is 19.8. The van der Waals surface area contributed by atoms with E-state index in [0.29, 0.717) is 36.9 Å². The maximum atomic E-state index is 14.6. The second kappa shape index (κ2) is 29.5. The Kier molecular flexibility index (Phi) is 23.7. The molecule has 17 N–H and O–H groups in total. The number of unbranched alkanes of at least 4 members (excludes halogenated alkanes) is 1. The van der Waals surface area contributed by atoms with E-state index in [-0.39, 0.29) is 43.7 Å². The van der Waals surface area contributed by atoms with Gasteiger partial charge in [0.05, 0.1) is 19.0 Å². The highest BCUT2D eigenvalue weighted by Gasteiger charge is 2.40. The van der Waals surface area contributed by atoms with Crippen LogP contribution in [0.5, 0.6) is 0 Å². The van der Waals surface area contributed by atoms with Crippen LogP contribution >= 0.6 is 21.6 Å². The van der Waals surface area contributed by atoms with Crippen molar-refractivity contribution in [2.24, 2.45) is 28.7 Å². The zero-order valence-corrected chi connectivity index (χ0v) is 41.3. The number of amides is 11. The Bertz CT molecular complexity index is 2250. The predicted molar refractivity (Wildman–Crippen MR) is 267 cm³/mol. The summed E-state index contributed by atoms with van der Waals surface area (Å²) in [5, 5.41) is 18.0. The van der Waals surface area contributed by atoms with Crippen LogP contribution in [0.3, 0.4) is 0 Å². The number of rotatable bonds is 19. The van der Waals surface area contributed by atoms with Crippen LogP contribution < -0.4 is 65.9 Å². The van der Waals surface area contributed by atoms with Crippen molar-refractivity contribution in [3.05, 3.63) is 71.8 Å². The number of nitrogens with two attached hydrogens (primary N) is 5. The van der Waals surface area contributed by atoms with E-state index >= 15 is 0 Å². The molecule has 8 atom stereocenters. The maximum Gasteiger partial charge on any atom is 0.246 e. The first-order valence-corrected chi connectivity index (χ1v) is 25.9. The zero-order chi connectivity index (χ0) is 52.7. The van der Waals surface area contributed by atoms with Crippen LogP contribution in [0.25, 0.3) is 0 Å². The summed E-state index contributed by atoms with van der Waals surface area (Å²) >= 11 is 0. The standard InChI is InChI=1S/C46H65N13O11S2/c47-18-8-7-14-29(40(64)52-23-38(51)62)54-45(69)35-15-9-19-59(35)46(70)34-25-72-71-24-28(48)39(63)55-31(20-26-10-3-1-4-11-26)43(67)56-32(21-27-12-5-2-6-13-27)42(66)53-30(16-17-36(49)60)41(65)57-33(22-37(50)61)44(68)58-34/h1-6,10-13,28-35H,7-9,14-25,47-48H2,(H2,49,60)(H2,50,61)(H2,51,62)(H,52,64)(H,53,66)(H,54,69)(H,55,63)(H,56,67)(H,57,65)(H,58,68)/t28-,29-,30-,31-,32-,33-,34-,35-/m0/s1. The van der Waals surface area contributed by atoms with E-state index in [0.717, 1.165) is 21.6 Å². The van der Waals surface area contributed by atoms with Gasteiger partial charge in [0.2, 0.25) is 65.0 Å². The summed E-state index contributed by atoms with van der Waals surface area (Å²) in [7, 11) is 2.07. The summed E-state index contributed by atoms with van der Waals surface area (Å²) < 4.78 is 0. The molecule has 24 nitrogen and oxygen atoms in total. The fraction of sp³-hybridized carbons (Fsp3) is 0.500. The van der Waals surface area contributed by atoms with E-state index < -0.39 is 139 Å². The summed E-state index contributed by atoms with van der Waals surface area (Å²) in [5.41, 5.74) is 29.4. The molecule has 0 spiro atoms. The number of carbonyl (C=O) groups is 11. The molecule has 2 aromatic rings. The van der Waals surface area contributed by atoms with E-state index in [2.05, 4.69) is 37.2 Å². The Labute approximate surface area is 424 Å². The number of benzene rings is 2. The van der Waals surface area contributed by atoms with Crippen molar-refractivity contribution < 1.29 is 52.7 Å². The summed E-state index contributed by atoms with van der Waals surface area (Å²) in [6.45, 7) is -0.121. The summed E-state index contributed by atoms with van der Waals surface area (Å²) in [4.78, 5) is 149. The number of carbonyl (C=O) groups excluding carboxylic acids is 11. The molecule has 0 saturated carbocycles. The molecule has 392 valence electrons. The minimum absolute atomic E-state index is 0.0198. The Hall–Kier alpha value is -6.77. The first kappa shape index (κ1) is 57.8. The Balaban J connectivity index is 1.70. The minimum atomic E-state index is -1.76. The number of likely N-dealkylation sites (tertiary alicyclic amines) is 1. The number of nitrogens with one attached hydrogen (secondary N) is 7. The number of hydrogen-bond donors (Lipinski definition) is 12. The SMILES string of the molecule is NCCCC[C@H](NC(=O)[C@@H]1CCCN1C(=O)[C@@H]1CSSC[C@H](N)C(=O)N[C@@H](Cc2ccccc2)C(=O)N[C@@H](Cc2ccccc2)C(=O)N[C@@H](CCC(N)=O)C(=O)N[C@@H](CC(N)=O)C(=O)N1)C(=O)NCC(N)=O. The molecule has 11 amide bonds. The molecule has 2 fully saturated rings. The van der Waals surface area contributed by atoms with E-state index in [1.165, 1.54) is 4.90 Å². The Morgan fingerprint density at radius 3 is 1.78 bits per heavy atom. The van der Waals surface area contributed by atoms with Crippen LogP contribution in [0.4, 0.5) is 0 Å². The number of hydrogen-bond acceptors (Lipinski definition) is 15. The molecule has 0 bridgehead atoms. The monoisotopic (exact) mass is 1040 g/mol. The average molecular weight is 1040 g/mol. The Morgan fingerprint density at radius 2 is 1.21 bits per heavy atom. The van der Waals surface area contributed by atoms with Crippen LogP contribution in [-0.4, -0.2) is 149 Å². The molecule has 2 heterocycles. The first-order chi connectivity index (χ1) is 34.4. The Morgan fingerprint density at radius 1 is 0.667 bits per heavy atom. The summed E-state index contributed by atoms with van der Waals surface area (Å²) in [6, 6.07) is 6.36. The lowest BCUT2D eigenvalue weighted by molar-refractivity contribution is -0.142. The highest BCUT2D eigenvalue weighted by Crippen LogP contribution is 2.26. The second-order valence-electron chi connectivity index (χ2n) is 17.3. The van der Waals surface area contributed by atoms with E-state index in [1.54, 1.807) is 60.7 Å². The highest BCUT2D eigenvalue weighted by molar-refractivity contribution is 8.76. The summed E-state index contributed by atoms with van der Waals surface area (Å²) in [6.07, 6.45) is -0.141. The highest BCUT2D eigenvalue weighted by atomic mass is 33.1. The van der Waals surface area contributed by atoms with Gasteiger partial charge in [-0.25, -0.2) is 0 Å². The van der Waals surface area contributed by atoms with Gasteiger partial charge in [0.15, 0.2) is 0 Å². The fourth-order valence-corrected chi connectivity index (χ4v) is 10.0. The first-order valence-electron chi connectivity index (χ1n) is 23.4. The third kappa shape index (κ3) is 19.1. The van der Waals surface area contributed by atoms with Gasteiger partial charge < -0.3 is 70.8 Å². The van der Waals surface area contributed by atoms with Crippen LogP contribution in [0.15, 0.2) is 60.7 Å². The minimum Gasteiger partial charge on any atom is -0.370 e. The lowest BCUT2D eigenvalue weighted by Crippen LogP contribution is -2.61. The zero-order valence-electron chi connectivity index (χ0n) is 39.6. The van der Waals surface area contributed by atoms with Gasteiger partial charge in [-0.15, -0.1) is 0 Å². The van der Waals surface area contributed by atoms with Crippen molar-refractivity contribution in [2.45, 2.75) is 113 Å². The average Bonchev–Trinajstić information content (AvgIpc) is 3.84. The molecule has 2 aliphatic rings. The number of nitrogens with zero attached hydrogens (tertiary/aromatic N) is 1. The van der Waals surface area contributed by atoms with Gasteiger partial charge in [-0.1, -0.05) is 82.3 Å². The fourth-order valence-electron chi connectivity index (χ4n) is 7.77. The van der Waals surface area contributed by atoms with Crippen LogP contribution in [-0.2, 0) is 65.6 Å². The molecule has 2 aromatic carbocycles. The molecule has 0 aromatic heterocycles. The molecule has 0 aliphatic carbocycles. The summed E-state index contributed by atoms with van der Waals surface area (Å²) in [5.74, 6) is -9.66. The molecular formula is C46H65N13O11S2. The van der Waals surface area contributed by atoms with Gasteiger partial charge in [0.1, 0.15) is 42.3 Å². The van der Waals surface area contributed by atoms with Gasteiger partial charge in [0, 0.05) is 37.3 Å². The lowest BCUT2D eigenvalue weighted by Gasteiger charge is -2.31. The molecule has 4 rings (SSSR count). The van der Waals surface area contributed by atoms with E-state index in [4.69, 9.17) is 28.7 Å². The smallest absolute Gasteiger partial charge is 0.246 e. The van der Waals surface area contributed by atoms with Crippen molar-refractivity contribution >= 4 is 86.6 Å². The van der Waals surface area contributed by atoms with Crippen molar-refractivity contribution in [3.63, 3.8) is 0 Å². The lowest BCUT2D eigenvalue weighted by atomic mass is 10.0. The van der Waals surface area contributed by atoms with Crippen molar-refractivity contribution in [3.8, 4) is 0 Å². The maximum absolute atomic E-state index is 14.6. The third-order valence-corrected chi connectivity index (χ3v) is 14.0. The molecular weight excluding hydrogens is 975 g/mol. The predicted octanol–water partition coefficient (Wildman–Crippen LogP) is -4.03. The molecule has 0 radical (unpaired) electrons. The van der Waals surface area contributed by atoms with Crippen LogP contribution in [0, 0.1) is 0 Å². The number of primary amides is 3. The van der Waals surface area contributed by atoms with E-state index in [1.807, 2.05) is 0 Å². The van der Waals surface area contributed by atoms with Gasteiger partial charge in [-0.3, -0.25) is 52.7 Å². The molecule has 2 aliphatic heterocycles.